The molecule has 100 valence electrons. The zero-order valence-electron chi connectivity index (χ0n) is 11.0. The number of rotatable bonds is 6. The third-order valence-electron chi connectivity index (χ3n) is 2.13. The van der Waals surface area contributed by atoms with E-state index in [1.165, 1.54) is 0 Å². The third kappa shape index (κ3) is 4.50. The van der Waals surface area contributed by atoms with Gasteiger partial charge in [-0.15, -0.1) is 0 Å². The SMILES string of the molecule is CO/C=C/c1cnc(Cl)nc1NC(C)(C)COC. The molecular weight excluding hydrogens is 254 g/mol. The predicted octanol–water partition coefficient (Wildman–Crippen LogP) is 2.58. The number of nitrogens with zero attached hydrogens (tertiary/aromatic N) is 2. The van der Waals surface area contributed by atoms with Crippen molar-refractivity contribution in [2.45, 2.75) is 19.4 Å². The summed E-state index contributed by atoms with van der Waals surface area (Å²) in [5.74, 6) is 0.644. The monoisotopic (exact) mass is 271 g/mol. The highest BCUT2D eigenvalue weighted by molar-refractivity contribution is 6.28. The summed E-state index contributed by atoms with van der Waals surface area (Å²) >= 11 is 5.81. The van der Waals surface area contributed by atoms with E-state index in [2.05, 4.69) is 15.3 Å². The van der Waals surface area contributed by atoms with E-state index in [4.69, 9.17) is 21.1 Å². The summed E-state index contributed by atoms with van der Waals surface area (Å²) in [6.07, 6.45) is 4.96. The van der Waals surface area contributed by atoms with Crippen LogP contribution in [-0.2, 0) is 9.47 Å². The Balaban J connectivity index is 2.98. The van der Waals surface area contributed by atoms with Gasteiger partial charge in [0.25, 0.3) is 0 Å². The normalized spacial score (nSPS) is 11.8. The summed E-state index contributed by atoms with van der Waals surface area (Å²) in [4.78, 5) is 8.12. The van der Waals surface area contributed by atoms with Gasteiger partial charge in [-0.3, -0.25) is 0 Å². The van der Waals surface area contributed by atoms with Crippen molar-refractivity contribution < 1.29 is 9.47 Å². The first kappa shape index (κ1) is 14.7. The molecule has 0 bridgehead atoms. The predicted molar refractivity (Wildman–Crippen MR) is 72.7 cm³/mol. The van der Waals surface area contributed by atoms with Gasteiger partial charge >= 0.3 is 0 Å². The maximum atomic E-state index is 5.81. The van der Waals surface area contributed by atoms with E-state index in [0.717, 1.165) is 5.56 Å². The molecule has 1 rings (SSSR count). The van der Waals surface area contributed by atoms with Crippen LogP contribution < -0.4 is 5.32 Å². The minimum atomic E-state index is -0.262. The molecule has 0 aliphatic carbocycles. The molecule has 1 heterocycles. The van der Waals surface area contributed by atoms with Crippen molar-refractivity contribution in [1.29, 1.82) is 0 Å². The van der Waals surface area contributed by atoms with Crippen LogP contribution in [0.25, 0.3) is 6.08 Å². The quantitative estimate of drug-likeness (QED) is 0.637. The molecule has 0 radical (unpaired) electrons. The second kappa shape index (κ2) is 6.56. The van der Waals surface area contributed by atoms with Gasteiger partial charge in [0.2, 0.25) is 5.28 Å². The van der Waals surface area contributed by atoms with E-state index in [9.17, 15) is 0 Å². The van der Waals surface area contributed by atoms with Crippen LogP contribution in [0, 0.1) is 0 Å². The number of halogens is 1. The minimum absolute atomic E-state index is 0.195. The molecule has 0 aliphatic heterocycles. The first-order valence-electron chi connectivity index (χ1n) is 5.47. The first-order valence-corrected chi connectivity index (χ1v) is 5.85. The average Bonchev–Trinajstić information content (AvgIpc) is 2.27. The van der Waals surface area contributed by atoms with E-state index in [0.29, 0.717) is 12.4 Å². The van der Waals surface area contributed by atoms with E-state index < -0.39 is 0 Å². The van der Waals surface area contributed by atoms with Gasteiger partial charge in [0.05, 0.1) is 25.5 Å². The van der Waals surface area contributed by atoms with Gasteiger partial charge in [0.15, 0.2) is 0 Å². The number of hydrogen-bond donors (Lipinski definition) is 1. The van der Waals surface area contributed by atoms with Crippen LogP contribution in [0.3, 0.4) is 0 Å². The molecule has 0 aliphatic rings. The smallest absolute Gasteiger partial charge is 0.224 e. The molecule has 0 amide bonds. The van der Waals surface area contributed by atoms with Gasteiger partial charge in [-0.1, -0.05) is 0 Å². The highest BCUT2D eigenvalue weighted by Gasteiger charge is 2.19. The minimum Gasteiger partial charge on any atom is -0.504 e. The van der Waals surface area contributed by atoms with Crippen LogP contribution in [0.4, 0.5) is 5.82 Å². The Morgan fingerprint density at radius 3 is 2.78 bits per heavy atom. The molecule has 18 heavy (non-hydrogen) atoms. The Hall–Kier alpha value is -1.33. The lowest BCUT2D eigenvalue weighted by Crippen LogP contribution is -2.36. The van der Waals surface area contributed by atoms with Crippen LogP contribution in [0.15, 0.2) is 12.5 Å². The fourth-order valence-electron chi connectivity index (χ4n) is 1.45. The van der Waals surface area contributed by atoms with Gasteiger partial charge < -0.3 is 14.8 Å². The number of aromatic nitrogens is 2. The van der Waals surface area contributed by atoms with Gasteiger partial charge in [0.1, 0.15) is 5.82 Å². The van der Waals surface area contributed by atoms with Crippen molar-refractivity contribution in [3.63, 3.8) is 0 Å². The van der Waals surface area contributed by atoms with Crippen LogP contribution >= 0.6 is 11.6 Å². The van der Waals surface area contributed by atoms with Gasteiger partial charge in [-0.05, 0) is 31.5 Å². The Morgan fingerprint density at radius 2 is 2.17 bits per heavy atom. The largest absolute Gasteiger partial charge is 0.504 e. The Morgan fingerprint density at radius 1 is 1.44 bits per heavy atom. The lowest BCUT2D eigenvalue weighted by Gasteiger charge is -2.26. The van der Waals surface area contributed by atoms with Crippen LogP contribution in [0.1, 0.15) is 19.4 Å². The van der Waals surface area contributed by atoms with E-state index in [1.807, 2.05) is 13.8 Å². The van der Waals surface area contributed by atoms with E-state index in [-0.39, 0.29) is 10.8 Å². The number of methoxy groups -OCH3 is 2. The zero-order valence-corrected chi connectivity index (χ0v) is 11.8. The Bertz CT molecular complexity index is 422. The number of anilines is 1. The lowest BCUT2D eigenvalue weighted by atomic mass is 10.1. The van der Waals surface area contributed by atoms with Gasteiger partial charge in [-0.2, -0.15) is 0 Å². The van der Waals surface area contributed by atoms with E-state index in [1.54, 1.807) is 32.8 Å². The molecule has 0 aromatic carbocycles. The topological polar surface area (TPSA) is 56.3 Å². The van der Waals surface area contributed by atoms with Crippen molar-refractivity contribution in [3.05, 3.63) is 23.3 Å². The van der Waals surface area contributed by atoms with Gasteiger partial charge in [0, 0.05) is 18.9 Å². The van der Waals surface area contributed by atoms with Crippen LogP contribution in [0.5, 0.6) is 0 Å². The second-order valence-corrected chi connectivity index (χ2v) is 4.76. The van der Waals surface area contributed by atoms with Crippen molar-refractivity contribution in [1.82, 2.24) is 9.97 Å². The molecule has 0 unspecified atom stereocenters. The standard InChI is InChI=1S/C12H18ClN3O2/c1-12(2,8-18-4)16-10-9(5-6-17-3)7-14-11(13)15-10/h5-7H,8H2,1-4H3,(H,14,15,16)/b6-5+. The molecule has 0 spiro atoms. The fourth-order valence-corrected chi connectivity index (χ4v) is 1.58. The number of nitrogens with one attached hydrogen (secondary N) is 1. The van der Waals surface area contributed by atoms with E-state index >= 15 is 0 Å². The molecule has 0 fully saturated rings. The Kier molecular flexibility index (Phi) is 5.37. The zero-order chi connectivity index (χ0) is 13.6. The summed E-state index contributed by atoms with van der Waals surface area (Å²) < 4.78 is 10.0. The molecule has 1 N–H and O–H groups in total. The second-order valence-electron chi connectivity index (χ2n) is 4.42. The number of ether oxygens (including phenoxy) is 2. The highest BCUT2D eigenvalue weighted by Crippen LogP contribution is 2.20. The van der Waals surface area contributed by atoms with Crippen molar-refractivity contribution in [2.75, 3.05) is 26.1 Å². The summed E-state index contributed by atoms with van der Waals surface area (Å²) in [6, 6.07) is 0. The van der Waals surface area contributed by atoms with Crippen molar-refractivity contribution >= 4 is 23.5 Å². The lowest BCUT2D eigenvalue weighted by molar-refractivity contribution is 0.158. The van der Waals surface area contributed by atoms with Gasteiger partial charge in [-0.25, -0.2) is 9.97 Å². The molecule has 1 aromatic heterocycles. The summed E-state index contributed by atoms with van der Waals surface area (Å²) in [7, 11) is 3.23. The molecule has 0 saturated carbocycles. The number of hydrogen-bond acceptors (Lipinski definition) is 5. The maximum Gasteiger partial charge on any atom is 0.224 e. The fraction of sp³-hybridized carbons (Fsp3) is 0.500. The third-order valence-corrected chi connectivity index (χ3v) is 2.32. The van der Waals surface area contributed by atoms with Crippen LogP contribution in [0.2, 0.25) is 5.28 Å². The molecule has 1 aromatic rings. The van der Waals surface area contributed by atoms with Crippen LogP contribution in [-0.4, -0.2) is 36.3 Å². The molecule has 5 nitrogen and oxygen atoms in total. The molecule has 6 heteroatoms. The highest BCUT2D eigenvalue weighted by atomic mass is 35.5. The Labute approximate surface area is 112 Å². The molecule has 0 atom stereocenters. The average molecular weight is 272 g/mol. The summed E-state index contributed by atoms with van der Waals surface area (Å²) in [6.45, 7) is 4.56. The first-order chi connectivity index (χ1) is 8.48. The maximum absolute atomic E-state index is 5.81. The summed E-state index contributed by atoms with van der Waals surface area (Å²) in [5, 5.41) is 3.46. The van der Waals surface area contributed by atoms with Crippen molar-refractivity contribution in [3.8, 4) is 0 Å². The van der Waals surface area contributed by atoms with Crippen molar-refractivity contribution in [2.24, 2.45) is 0 Å². The molecule has 0 saturated heterocycles. The summed E-state index contributed by atoms with van der Waals surface area (Å²) in [5.41, 5.74) is 0.535. The molecular formula is C12H18ClN3O2.